The van der Waals surface area contributed by atoms with Gasteiger partial charge in [-0.25, -0.2) is 14.8 Å². The van der Waals surface area contributed by atoms with E-state index < -0.39 is 16.8 Å². The Hall–Kier alpha value is -1.67. The minimum absolute atomic E-state index is 0.353. The molecule has 2 rings (SSSR count). The van der Waals surface area contributed by atoms with Crippen molar-refractivity contribution in [3.8, 4) is 0 Å². The molecule has 0 aliphatic rings. The normalized spacial score (nSPS) is 12.9. The third-order valence-corrected chi connectivity index (χ3v) is 4.55. The molecule has 0 aromatic carbocycles. The Morgan fingerprint density at radius 2 is 2.05 bits per heavy atom. The molecule has 0 aliphatic heterocycles. The minimum Gasteiger partial charge on any atom is -0.333 e. The van der Waals surface area contributed by atoms with Crippen molar-refractivity contribution in [2.24, 2.45) is 0 Å². The van der Waals surface area contributed by atoms with E-state index in [2.05, 4.69) is 20.6 Å². The maximum atomic E-state index is 12.1. The van der Waals surface area contributed by atoms with Crippen LogP contribution in [-0.2, 0) is 4.79 Å². The Kier molecular flexibility index (Phi) is 5.02. The molecule has 0 fully saturated rings. The van der Waals surface area contributed by atoms with E-state index >= 15 is 0 Å². The van der Waals surface area contributed by atoms with Crippen LogP contribution in [0.15, 0.2) is 22.8 Å². The largest absolute Gasteiger partial charge is 0.333 e. The minimum atomic E-state index is -0.492. The molecule has 2 aromatic heterocycles. The molecule has 2 aromatic rings. The second kappa shape index (κ2) is 6.62. The quantitative estimate of drug-likeness (QED) is 0.664. The van der Waals surface area contributed by atoms with Crippen molar-refractivity contribution in [1.29, 1.82) is 0 Å². The molecule has 6 nitrogen and oxygen atoms in total. The lowest BCUT2D eigenvalue weighted by atomic mass is 10.1. The van der Waals surface area contributed by atoms with Gasteiger partial charge in [-0.15, -0.1) is 11.3 Å². The molecule has 0 saturated carbocycles. The molecule has 0 saturated heterocycles. The predicted octanol–water partition coefficient (Wildman–Crippen LogP) is 2.80. The van der Waals surface area contributed by atoms with Gasteiger partial charge in [0, 0.05) is 10.9 Å². The van der Waals surface area contributed by atoms with Crippen molar-refractivity contribution in [2.45, 2.75) is 43.5 Å². The molecule has 118 valence electrons. The molecule has 0 radical (unpaired) electrons. The molecule has 2 heterocycles. The zero-order valence-corrected chi connectivity index (χ0v) is 14.5. The monoisotopic (exact) mass is 338 g/mol. The lowest BCUT2D eigenvalue weighted by Gasteiger charge is -2.21. The van der Waals surface area contributed by atoms with Crippen molar-refractivity contribution < 1.29 is 9.59 Å². The summed E-state index contributed by atoms with van der Waals surface area (Å²) in [6, 6.07) is 1.44. The van der Waals surface area contributed by atoms with Crippen LogP contribution in [0.3, 0.4) is 0 Å². The van der Waals surface area contributed by atoms with Crippen LogP contribution in [0.25, 0.3) is 10.2 Å². The van der Waals surface area contributed by atoms with Crippen LogP contribution in [0, 0.1) is 0 Å². The average molecular weight is 338 g/mol. The first kappa shape index (κ1) is 16.7. The first-order chi connectivity index (χ1) is 10.3. The fourth-order valence-electron chi connectivity index (χ4n) is 1.67. The number of rotatable bonds is 3. The average Bonchev–Trinajstić information content (AvgIpc) is 2.85. The number of fused-ring (bicyclic) bond motifs is 1. The van der Waals surface area contributed by atoms with Gasteiger partial charge in [0.25, 0.3) is 0 Å². The highest BCUT2D eigenvalue weighted by Gasteiger charge is 2.21. The fourth-order valence-corrected chi connectivity index (χ4v) is 3.37. The number of hydrogen-bond acceptors (Lipinski definition) is 6. The first-order valence-electron chi connectivity index (χ1n) is 6.74. The topological polar surface area (TPSA) is 84.0 Å². The smallest absolute Gasteiger partial charge is 0.321 e. The number of thioether (sulfide) groups is 1. The number of amides is 3. The summed E-state index contributed by atoms with van der Waals surface area (Å²) in [4.78, 5) is 33.1. The van der Waals surface area contributed by atoms with Crippen LogP contribution in [0.1, 0.15) is 27.7 Å². The Labute approximate surface area is 137 Å². The van der Waals surface area contributed by atoms with Crippen LogP contribution >= 0.6 is 23.1 Å². The molecule has 0 aliphatic carbocycles. The van der Waals surface area contributed by atoms with E-state index in [-0.39, 0.29) is 5.91 Å². The number of carbonyl (C=O) groups is 2. The predicted molar refractivity (Wildman–Crippen MR) is 89.2 cm³/mol. The van der Waals surface area contributed by atoms with Crippen molar-refractivity contribution in [1.82, 2.24) is 20.6 Å². The molecular weight excluding hydrogens is 320 g/mol. The number of hydrogen-bond donors (Lipinski definition) is 2. The van der Waals surface area contributed by atoms with Gasteiger partial charge in [0.1, 0.15) is 16.2 Å². The number of thiophene rings is 1. The number of imide groups is 1. The Balaban J connectivity index is 2.00. The molecule has 0 unspecified atom stereocenters. The van der Waals surface area contributed by atoms with E-state index in [0.29, 0.717) is 0 Å². The summed E-state index contributed by atoms with van der Waals surface area (Å²) in [5.74, 6) is -0.353. The summed E-state index contributed by atoms with van der Waals surface area (Å²) < 4.78 is 0. The molecule has 3 amide bonds. The summed E-state index contributed by atoms with van der Waals surface area (Å²) in [7, 11) is 0. The summed E-state index contributed by atoms with van der Waals surface area (Å²) >= 11 is 2.83. The number of carbonyl (C=O) groups excluding carboxylic acids is 2. The molecule has 2 N–H and O–H groups in total. The van der Waals surface area contributed by atoms with Gasteiger partial charge in [0.2, 0.25) is 5.91 Å². The lowest BCUT2D eigenvalue weighted by molar-refractivity contribution is -0.119. The molecule has 8 heteroatoms. The summed E-state index contributed by atoms with van der Waals surface area (Å²) in [5, 5.41) is 8.20. The van der Waals surface area contributed by atoms with Gasteiger partial charge in [-0.3, -0.25) is 10.1 Å². The lowest BCUT2D eigenvalue weighted by Crippen LogP contribution is -2.49. The molecule has 0 spiro atoms. The SMILES string of the molecule is C[C@@H](Sc1ncnc2sccc12)C(=O)NC(=O)NC(C)(C)C. The van der Waals surface area contributed by atoms with Crippen LogP contribution < -0.4 is 10.6 Å². The highest BCUT2D eigenvalue weighted by atomic mass is 32.2. The number of nitrogens with zero attached hydrogens (tertiary/aromatic N) is 2. The van der Waals surface area contributed by atoms with E-state index in [4.69, 9.17) is 0 Å². The van der Waals surface area contributed by atoms with Crippen LogP contribution in [0.2, 0.25) is 0 Å². The van der Waals surface area contributed by atoms with Crippen molar-refractivity contribution in [2.75, 3.05) is 0 Å². The van der Waals surface area contributed by atoms with E-state index in [0.717, 1.165) is 15.2 Å². The number of aromatic nitrogens is 2. The second-order valence-corrected chi connectivity index (χ2v) is 8.00. The molecule has 22 heavy (non-hydrogen) atoms. The van der Waals surface area contributed by atoms with E-state index in [1.165, 1.54) is 29.4 Å². The van der Waals surface area contributed by atoms with Gasteiger partial charge in [0.15, 0.2) is 0 Å². The zero-order valence-electron chi connectivity index (χ0n) is 12.8. The Morgan fingerprint density at radius 3 is 2.73 bits per heavy atom. The van der Waals surface area contributed by atoms with E-state index in [1.54, 1.807) is 6.92 Å². The van der Waals surface area contributed by atoms with Crippen molar-refractivity contribution >= 4 is 45.3 Å². The van der Waals surface area contributed by atoms with Gasteiger partial charge < -0.3 is 5.32 Å². The van der Waals surface area contributed by atoms with Gasteiger partial charge in [-0.2, -0.15) is 0 Å². The van der Waals surface area contributed by atoms with E-state index in [9.17, 15) is 9.59 Å². The molecule has 0 bridgehead atoms. The van der Waals surface area contributed by atoms with Gasteiger partial charge >= 0.3 is 6.03 Å². The highest BCUT2D eigenvalue weighted by Crippen LogP contribution is 2.30. The molecular formula is C14H18N4O2S2. The standard InChI is InChI=1S/C14H18N4O2S2/c1-8(10(19)17-13(20)18-14(2,3)4)22-12-9-5-6-21-11(9)15-7-16-12/h5-8H,1-4H3,(H2,17,18,19,20)/t8-/m1/s1. The molecule has 1 atom stereocenters. The van der Waals surface area contributed by atoms with Crippen LogP contribution in [0.5, 0.6) is 0 Å². The summed E-state index contributed by atoms with van der Waals surface area (Å²) in [6.45, 7) is 7.29. The Bertz CT molecular complexity index is 693. The van der Waals surface area contributed by atoms with Crippen molar-refractivity contribution in [3.05, 3.63) is 17.8 Å². The zero-order chi connectivity index (χ0) is 16.3. The summed E-state index contributed by atoms with van der Waals surface area (Å²) in [5.41, 5.74) is -0.393. The van der Waals surface area contributed by atoms with Crippen molar-refractivity contribution in [3.63, 3.8) is 0 Å². The van der Waals surface area contributed by atoms with E-state index in [1.807, 2.05) is 32.2 Å². The van der Waals surface area contributed by atoms with Gasteiger partial charge in [-0.05, 0) is 39.1 Å². The first-order valence-corrected chi connectivity index (χ1v) is 8.50. The van der Waals surface area contributed by atoms with Gasteiger partial charge in [0.05, 0.1) is 5.25 Å². The summed E-state index contributed by atoms with van der Waals surface area (Å²) in [6.07, 6.45) is 1.48. The third-order valence-electron chi connectivity index (χ3n) is 2.61. The number of urea groups is 1. The second-order valence-electron chi connectivity index (χ2n) is 5.77. The van der Waals surface area contributed by atoms with Crippen LogP contribution in [-0.4, -0.2) is 32.7 Å². The highest BCUT2D eigenvalue weighted by molar-refractivity contribution is 8.00. The number of nitrogens with one attached hydrogen (secondary N) is 2. The maximum Gasteiger partial charge on any atom is 0.321 e. The third kappa shape index (κ3) is 4.41. The Morgan fingerprint density at radius 1 is 1.32 bits per heavy atom. The van der Waals surface area contributed by atoms with Crippen LogP contribution in [0.4, 0.5) is 4.79 Å². The maximum absolute atomic E-state index is 12.1. The van der Waals surface area contributed by atoms with Gasteiger partial charge in [-0.1, -0.05) is 11.8 Å². The fraction of sp³-hybridized carbons (Fsp3) is 0.429.